The van der Waals surface area contributed by atoms with Gasteiger partial charge in [-0.25, -0.2) is 0 Å². The van der Waals surface area contributed by atoms with E-state index >= 15 is 0 Å². The molecular weight excluding hydrogens is 328 g/mol. The van der Waals surface area contributed by atoms with Gasteiger partial charge >= 0.3 is 0 Å². The van der Waals surface area contributed by atoms with Crippen LogP contribution in [0, 0.1) is 5.41 Å². The average molecular weight is 361 g/mol. The zero-order chi connectivity index (χ0) is 17.1. The first-order valence-electron chi connectivity index (χ1n) is 10.4. The van der Waals surface area contributed by atoms with E-state index in [-0.39, 0.29) is 5.91 Å². The Labute approximate surface area is 156 Å². The number of hydrogen-bond donors (Lipinski definition) is 1. The average Bonchev–Trinajstić information content (AvgIpc) is 3.19. The molecule has 3 nitrogen and oxygen atoms in total. The van der Waals surface area contributed by atoms with Gasteiger partial charge in [0, 0.05) is 23.4 Å². The van der Waals surface area contributed by atoms with Crippen molar-refractivity contribution in [2.75, 3.05) is 26.2 Å². The summed E-state index contributed by atoms with van der Waals surface area (Å²) in [6.07, 6.45) is 14.2. The minimum absolute atomic E-state index is 0.171. The Morgan fingerprint density at radius 3 is 2.52 bits per heavy atom. The minimum atomic E-state index is 0.171. The summed E-state index contributed by atoms with van der Waals surface area (Å²) in [6.45, 7) is 4.57. The van der Waals surface area contributed by atoms with E-state index in [4.69, 9.17) is 0 Å². The second kappa shape index (κ2) is 7.79. The Morgan fingerprint density at radius 2 is 1.80 bits per heavy atom. The SMILES string of the molecule is O=C(NCC1(CN2CCCC2)CCC1)c1cc2c(s1)CCCCCC2. The van der Waals surface area contributed by atoms with Crippen LogP contribution in [0.3, 0.4) is 0 Å². The monoisotopic (exact) mass is 360 g/mol. The fourth-order valence-corrected chi connectivity index (χ4v) is 5.96. The van der Waals surface area contributed by atoms with E-state index in [2.05, 4.69) is 16.3 Å². The maximum absolute atomic E-state index is 12.7. The van der Waals surface area contributed by atoms with Crippen molar-refractivity contribution in [3.63, 3.8) is 0 Å². The minimum Gasteiger partial charge on any atom is -0.351 e. The number of nitrogens with one attached hydrogen (secondary N) is 1. The fraction of sp³-hybridized carbons (Fsp3) is 0.762. The molecule has 0 aromatic carbocycles. The molecule has 0 atom stereocenters. The topological polar surface area (TPSA) is 32.3 Å². The zero-order valence-corrected chi connectivity index (χ0v) is 16.3. The van der Waals surface area contributed by atoms with Gasteiger partial charge in [0.2, 0.25) is 0 Å². The van der Waals surface area contributed by atoms with Crippen LogP contribution >= 0.6 is 11.3 Å². The van der Waals surface area contributed by atoms with Gasteiger partial charge in [-0.05, 0) is 76.1 Å². The molecular formula is C21H32N2OS. The highest BCUT2D eigenvalue weighted by Gasteiger charge is 2.39. The van der Waals surface area contributed by atoms with Crippen molar-refractivity contribution in [2.45, 2.75) is 70.6 Å². The Balaban J connectivity index is 1.35. The summed E-state index contributed by atoms with van der Waals surface area (Å²) in [5, 5.41) is 3.30. The lowest BCUT2D eigenvalue weighted by molar-refractivity contribution is 0.0680. The van der Waals surface area contributed by atoms with E-state index in [1.807, 2.05) is 0 Å². The number of fused-ring (bicyclic) bond motifs is 1. The molecule has 2 fully saturated rings. The summed E-state index contributed by atoms with van der Waals surface area (Å²) in [7, 11) is 0. The number of aryl methyl sites for hydroxylation is 2. The summed E-state index contributed by atoms with van der Waals surface area (Å²) in [4.78, 5) is 17.8. The molecule has 1 aromatic rings. The Kier molecular flexibility index (Phi) is 5.47. The van der Waals surface area contributed by atoms with Crippen LogP contribution in [-0.2, 0) is 12.8 Å². The number of carbonyl (C=O) groups is 1. The molecule has 1 aromatic heterocycles. The lowest BCUT2D eigenvalue weighted by Crippen LogP contribution is -2.48. The molecule has 138 valence electrons. The molecule has 0 unspecified atom stereocenters. The number of thiophene rings is 1. The van der Waals surface area contributed by atoms with Crippen molar-refractivity contribution in [1.29, 1.82) is 0 Å². The van der Waals surface area contributed by atoms with Crippen LogP contribution in [0.5, 0.6) is 0 Å². The Morgan fingerprint density at radius 1 is 1.04 bits per heavy atom. The van der Waals surface area contributed by atoms with Crippen LogP contribution in [0.4, 0.5) is 0 Å². The Bertz CT molecular complexity index is 574. The highest BCUT2D eigenvalue weighted by molar-refractivity contribution is 7.14. The van der Waals surface area contributed by atoms with Crippen LogP contribution in [0.25, 0.3) is 0 Å². The highest BCUT2D eigenvalue weighted by Crippen LogP contribution is 2.41. The number of nitrogens with zero attached hydrogens (tertiary/aromatic N) is 1. The molecule has 1 saturated heterocycles. The van der Waals surface area contributed by atoms with Crippen LogP contribution in [0.1, 0.15) is 77.9 Å². The highest BCUT2D eigenvalue weighted by atomic mass is 32.1. The summed E-state index contributed by atoms with van der Waals surface area (Å²) >= 11 is 1.75. The summed E-state index contributed by atoms with van der Waals surface area (Å²) in [6, 6.07) is 2.19. The maximum atomic E-state index is 12.7. The van der Waals surface area contributed by atoms with Crippen molar-refractivity contribution in [3.05, 3.63) is 21.4 Å². The van der Waals surface area contributed by atoms with Crippen LogP contribution in [-0.4, -0.2) is 37.0 Å². The van der Waals surface area contributed by atoms with E-state index in [1.165, 1.54) is 94.3 Å². The molecule has 2 heterocycles. The number of likely N-dealkylation sites (tertiary alicyclic amines) is 1. The molecule has 1 aliphatic heterocycles. The van der Waals surface area contributed by atoms with Gasteiger partial charge < -0.3 is 10.2 Å². The van der Waals surface area contributed by atoms with E-state index in [1.54, 1.807) is 11.3 Å². The second-order valence-electron chi connectivity index (χ2n) is 8.49. The number of amides is 1. The van der Waals surface area contributed by atoms with Crippen molar-refractivity contribution in [1.82, 2.24) is 10.2 Å². The van der Waals surface area contributed by atoms with Crippen molar-refractivity contribution < 1.29 is 4.79 Å². The molecule has 25 heavy (non-hydrogen) atoms. The van der Waals surface area contributed by atoms with Gasteiger partial charge in [-0.15, -0.1) is 11.3 Å². The molecule has 4 heteroatoms. The number of rotatable bonds is 5. The van der Waals surface area contributed by atoms with Gasteiger partial charge in [0.25, 0.3) is 5.91 Å². The quantitative estimate of drug-likeness (QED) is 0.844. The van der Waals surface area contributed by atoms with Crippen LogP contribution < -0.4 is 5.32 Å². The van der Waals surface area contributed by atoms with E-state index < -0.39 is 0 Å². The molecule has 4 rings (SSSR count). The molecule has 1 amide bonds. The van der Waals surface area contributed by atoms with Crippen molar-refractivity contribution >= 4 is 17.2 Å². The van der Waals surface area contributed by atoms with Gasteiger partial charge in [0.05, 0.1) is 4.88 Å². The lowest BCUT2D eigenvalue weighted by atomic mass is 9.68. The molecule has 2 aliphatic carbocycles. The standard InChI is InChI=1S/C21H32N2OS/c24-20(19-14-17-8-3-1-2-4-9-18(17)25-19)22-15-21(10-7-11-21)16-23-12-5-6-13-23/h14H,1-13,15-16H2,(H,22,24). The van der Waals surface area contributed by atoms with E-state index in [0.717, 1.165) is 17.8 Å². The fourth-order valence-electron chi connectivity index (χ4n) is 4.79. The number of hydrogen-bond acceptors (Lipinski definition) is 3. The first kappa shape index (κ1) is 17.5. The van der Waals surface area contributed by atoms with Crippen molar-refractivity contribution in [3.8, 4) is 0 Å². The predicted octanol–water partition coefficient (Wildman–Crippen LogP) is 4.40. The second-order valence-corrected chi connectivity index (χ2v) is 9.63. The van der Waals surface area contributed by atoms with Crippen LogP contribution in [0.15, 0.2) is 6.07 Å². The molecule has 1 N–H and O–H groups in total. The molecule has 0 radical (unpaired) electrons. The van der Waals surface area contributed by atoms with Gasteiger partial charge in [0.1, 0.15) is 0 Å². The lowest BCUT2D eigenvalue weighted by Gasteiger charge is -2.44. The van der Waals surface area contributed by atoms with Gasteiger partial charge in [-0.1, -0.05) is 19.3 Å². The first-order chi connectivity index (χ1) is 12.2. The zero-order valence-electron chi connectivity index (χ0n) is 15.4. The van der Waals surface area contributed by atoms with E-state index in [9.17, 15) is 4.79 Å². The smallest absolute Gasteiger partial charge is 0.261 e. The molecule has 1 saturated carbocycles. The normalized spacial score (nSPS) is 23.4. The van der Waals surface area contributed by atoms with E-state index in [0.29, 0.717) is 5.41 Å². The third-order valence-electron chi connectivity index (χ3n) is 6.52. The van der Waals surface area contributed by atoms with Crippen molar-refractivity contribution in [2.24, 2.45) is 5.41 Å². The summed E-state index contributed by atoms with van der Waals surface area (Å²) < 4.78 is 0. The van der Waals surface area contributed by atoms with Gasteiger partial charge in [0.15, 0.2) is 0 Å². The van der Waals surface area contributed by atoms with Crippen LogP contribution in [0.2, 0.25) is 0 Å². The Hall–Kier alpha value is -0.870. The summed E-state index contributed by atoms with van der Waals surface area (Å²) in [5.74, 6) is 0.171. The molecule has 0 spiro atoms. The predicted molar refractivity (Wildman–Crippen MR) is 104 cm³/mol. The third kappa shape index (κ3) is 4.11. The van der Waals surface area contributed by atoms with Gasteiger partial charge in [-0.2, -0.15) is 0 Å². The summed E-state index contributed by atoms with van der Waals surface area (Å²) in [5.41, 5.74) is 1.80. The first-order valence-corrected chi connectivity index (χ1v) is 11.2. The largest absolute Gasteiger partial charge is 0.351 e. The van der Waals surface area contributed by atoms with Gasteiger partial charge in [-0.3, -0.25) is 4.79 Å². The number of carbonyl (C=O) groups excluding carboxylic acids is 1. The molecule has 0 bridgehead atoms. The maximum Gasteiger partial charge on any atom is 0.261 e. The third-order valence-corrected chi connectivity index (χ3v) is 7.75. The molecule has 3 aliphatic rings.